The second kappa shape index (κ2) is 8.60. The van der Waals surface area contributed by atoms with Crippen molar-refractivity contribution in [2.24, 2.45) is 5.41 Å². The molecule has 1 atom stereocenters. The van der Waals surface area contributed by atoms with Crippen LogP contribution in [0.5, 0.6) is 11.6 Å². The number of halogens is 4. The molecule has 0 saturated carbocycles. The molecule has 0 aliphatic carbocycles. The van der Waals surface area contributed by atoms with Gasteiger partial charge in [-0.3, -0.25) is 0 Å². The van der Waals surface area contributed by atoms with E-state index in [0.29, 0.717) is 16.7 Å². The summed E-state index contributed by atoms with van der Waals surface area (Å²) < 4.78 is 56.8. The molecular formula is C23H22F4N2O4. The Morgan fingerprint density at radius 1 is 0.970 bits per heavy atom. The standard InChI is InChI=1S/C23H22F4N2O4/c1-13-9-15(32-23(25,26)27)6-7-16(13)14-5-8-17(19(24)10-14)22(30,21(2,3)4)18-11-28-12-29-20(18)33-31/h5-12,30-31H,1-4H3. The molecule has 0 aliphatic heterocycles. The summed E-state index contributed by atoms with van der Waals surface area (Å²) in [4.78, 5) is 11.9. The first-order chi connectivity index (χ1) is 15.3. The van der Waals surface area contributed by atoms with Gasteiger partial charge in [-0.2, -0.15) is 4.98 Å². The first kappa shape index (κ1) is 24.4. The van der Waals surface area contributed by atoms with Crippen molar-refractivity contribution in [3.05, 3.63) is 71.4 Å². The van der Waals surface area contributed by atoms with Crippen LogP contribution in [0.2, 0.25) is 0 Å². The van der Waals surface area contributed by atoms with Crippen LogP contribution in [0.4, 0.5) is 17.6 Å². The summed E-state index contributed by atoms with van der Waals surface area (Å²) in [7, 11) is 0. The van der Waals surface area contributed by atoms with Gasteiger partial charge in [-0.15, -0.1) is 13.2 Å². The second-order valence-electron chi connectivity index (χ2n) is 8.51. The minimum Gasteiger partial charge on any atom is -0.406 e. The predicted octanol–water partition coefficient (Wildman–Crippen LogP) is 5.62. The minimum absolute atomic E-state index is 0.0449. The molecule has 1 aromatic heterocycles. The van der Waals surface area contributed by atoms with Crippen molar-refractivity contribution in [3.8, 4) is 22.8 Å². The van der Waals surface area contributed by atoms with Crippen molar-refractivity contribution < 1.29 is 37.5 Å². The van der Waals surface area contributed by atoms with Gasteiger partial charge < -0.3 is 14.7 Å². The van der Waals surface area contributed by atoms with Crippen LogP contribution >= 0.6 is 0 Å². The topological polar surface area (TPSA) is 84.7 Å². The molecule has 0 radical (unpaired) electrons. The summed E-state index contributed by atoms with van der Waals surface area (Å²) in [5.41, 5.74) is -1.88. The molecule has 2 aromatic carbocycles. The normalized spacial score (nSPS) is 14.0. The van der Waals surface area contributed by atoms with E-state index >= 15 is 4.39 Å². The molecule has 0 fully saturated rings. The number of aryl methyl sites for hydroxylation is 1. The molecule has 0 saturated heterocycles. The molecule has 0 bridgehead atoms. The monoisotopic (exact) mass is 466 g/mol. The van der Waals surface area contributed by atoms with Gasteiger partial charge in [-0.05, 0) is 47.2 Å². The highest BCUT2D eigenvalue weighted by Gasteiger charge is 2.48. The summed E-state index contributed by atoms with van der Waals surface area (Å²) in [5, 5.41) is 20.9. The molecule has 1 unspecified atom stereocenters. The highest BCUT2D eigenvalue weighted by molar-refractivity contribution is 5.69. The van der Waals surface area contributed by atoms with E-state index in [1.807, 2.05) is 0 Å². The van der Waals surface area contributed by atoms with E-state index in [1.165, 1.54) is 36.5 Å². The summed E-state index contributed by atoms with van der Waals surface area (Å²) in [5.74, 6) is -1.50. The fourth-order valence-corrected chi connectivity index (χ4v) is 3.73. The van der Waals surface area contributed by atoms with Gasteiger partial charge in [0.2, 0.25) is 0 Å². The highest BCUT2D eigenvalue weighted by atomic mass is 19.4. The average molecular weight is 466 g/mol. The molecule has 3 aromatic rings. The molecular weight excluding hydrogens is 444 g/mol. The Bertz CT molecular complexity index is 1160. The Morgan fingerprint density at radius 3 is 2.21 bits per heavy atom. The van der Waals surface area contributed by atoms with Crippen LogP contribution in [-0.2, 0) is 5.60 Å². The number of hydrogen-bond acceptors (Lipinski definition) is 6. The molecule has 0 spiro atoms. The molecule has 176 valence electrons. The third kappa shape index (κ3) is 4.76. The van der Waals surface area contributed by atoms with E-state index in [0.717, 1.165) is 12.4 Å². The number of benzene rings is 2. The number of hydrogen-bond donors (Lipinski definition) is 2. The second-order valence-corrected chi connectivity index (χ2v) is 8.51. The SMILES string of the molecule is Cc1cc(OC(F)(F)F)ccc1-c1ccc(C(O)(c2cncnc2OO)C(C)(C)C)c(F)c1. The largest absolute Gasteiger partial charge is 0.573 e. The fraction of sp³-hybridized carbons (Fsp3) is 0.304. The lowest BCUT2D eigenvalue weighted by molar-refractivity contribution is -0.274. The van der Waals surface area contributed by atoms with Gasteiger partial charge in [0.05, 0.1) is 5.56 Å². The summed E-state index contributed by atoms with van der Waals surface area (Å²) in [6, 6.07) is 7.80. The van der Waals surface area contributed by atoms with E-state index in [9.17, 15) is 23.5 Å². The minimum atomic E-state index is -4.82. The van der Waals surface area contributed by atoms with E-state index in [1.54, 1.807) is 27.7 Å². The number of nitrogens with zero attached hydrogens (tertiary/aromatic N) is 2. The molecule has 2 N–H and O–H groups in total. The lowest BCUT2D eigenvalue weighted by Gasteiger charge is -2.41. The van der Waals surface area contributed by atoms with Crippen LogP contribution in [-0.4, -0.2) is 26.7 Å². The zero-order valence-corrected chi connectivity index (χ0v) is 18.2. The molecule has 0 aliphatic rings. The molecule has 6 nitrogen and oxygen atoms in total. The maximum absolute atomic E-state index is 15.4. The Kier molecular flexibility index (Phi) is 6.36. The third-order valence-corrected chi connectivity index (χ3v) is 5.34. The fourth-order valence-electron chi connectivity index (χ4n) is 3.73. The molecule has 1 heterocycles. The van der Waals surface area contributed by atoms with Gasteiger partial charge in [0.1, 0.15) is 23.5 Å². The van der Waals surface area contributed by atoms with E-state index < -0.39 is 23.2 Å². The molecule has 0 amide bonds. The van der Waals surface area contributed by atoms with Crippen molar-refractivity contribution in [1.82, 2.24) is 9.97 Å². The van der Waals surface area contributed by atoms with Crippen molar-refractivity contribution in [3.63, 3.8) is 0 Å². The number of alkyl halides is 3. The first-order valence-corrected chi connectivity index (χ1v) is 9.79. The van der Waals surface area contributed by atoms with Crippen LogP contribution in [0.25, 0.3) is 11.1 Å². The summed E-state index contributed by atoms with van der Waals surface area (Å²) in [6.07, 6.45) is -2.50. The van der Waals surface area contributed by atoms with Gasteiger partial charge in [-0.1, -0.05) is 39.0 Å². The van der Waals surface area contributed by atoms with Gasteiger partial charge in [0, 0.05) is 11.8 Å². The summed E-state index contributed by atoms with van der Waals surface area (Å²) in [6.45, 7) is 6.57. The quantitative estimate of drug-likeness (QED) is 0.288. The van der Waals surface area contributed by atoms with Crippen LogP contribution in [0, 0.1) is 18.2 Å². The van der Waals surface area contributed by atoms with E-state index in [-0.39, 0.29) is 22.8 Å². The van der Waals surface area contributed by atoms with E-state index in [2.05, 4.69) is 19.6 Å². The third-order valence-electron chi connectivity index (χ3n) is 5.34. The Balaban J connectivity index is 2.10. The Labute approximate surface area is 187 Å². The molecule has 33 heavy (non-hydrogen) atoms. The van der Waals surface area contributed by atoms with E-state index in [4.69, 9.17) is 0 Å². The summed E-state index contributed by atoms with van der Waals surface area (Å²) >= 11 is 0. The number of aromatic nitrogens is 2. The predicted molar refractivity (Wildman–Crippen MR) is 111 cm³/mol. The van der Waals surface area contributed by atoms with Gasteiger partial charge in [-0.25, -0.2) is 14.6 Å². The van der Waals surface area contributed by atoms with Gasteiger partial charge >= 0.3 is 6.36 Å². The van der Waals surface area contributed by atoms with Crippen LogP contribution in [0.15, 0.2) is 48.9 Å². The van der Waals surface area contributed by atoms with Gasteiger partial charge in [0.25, 0.3) is 5.88 Å². The lowest BCUT2D eigenvalue weighted by Crippen LogP contribution is -2.42. The first-order valence-electron chi connectivity index (χ1n) is 9.79. The Hall–Kier alpha value is -3.24. The van der Waals surface area contributed by atoms with Crippen molar-refractivity contribution in [1.29, 1.82) is 0 Å². The van der Waals surface area contributed by atoms with Crippen LogP contribution < -0.4 is 9.62 Å². The average Bonchev–Trinajstić information content (AvgIpc) is 2.71. The van der Waals surface area contributed by atoms with Crippen molar-refractivity contribution >= 4 is 0 Å². The van der Waals surface area contributed by atoms with Crippen molar-refractivity contribution in [2.75, 3.05) is 0 Å². The lowest BCUT2D eigenvalue weighted by atomic mass is 9.68. The van der Waals surface area contributed by atoms with Crippen LogP contribution in [0.3, 0.4) is 0 Å². The zero-order chi connectivity index (χ0) is 24.6. The molecule has 10 heteroatoms. The smallest absolute Gasteiger partial charge is 0.406 e. The zero-order valence-electron chi connectivity index (χ0n) is 18.2. The number of ether oxygens (including phenoxy) is 1. The number of aliphatic hydroxyl groups is 1. The highest BCUT2D eigenvalue weighted by Crippen LogP contribution is 2.48. The van der Waals surface area contributed by atoms with Gasteiger partial charge in [0.15, 0.2) is 0 Å². The maximum atomic E-state index is 15.4. The Morgan fingerprint density at radius 2 is 1.67 bits per heavy atom. The molecule has 3 rings (SSSR count). The van der Waals surface area contributed by atoms with Crippen molar-refractivity contribution in [2.45, 2.75) is 39.7 Å². The number of rotatable bonds is 5. The maximum Gasteiger partial charge on any atom is 0.573 e. The van der Waals surface area contributed by atoms with Crippen LogP contribution in [0.1, 0.15) is 37.5 Å².